The molecular weight excluding hydrogens is 787 g/mol. The van der Waals surface area contributed by atoms with Crippen molar-refractivity contribution in [2.75, 3.05) is 0 Å². The molecule has 0 amide bonds. The Hall–Kier alpha value is -2.67. The summed E-state index contributed by atoms with van der Waals surface area (Å²) >= 11 is -0.556. The molecule has 7 heteroatoms. The SMILES string of the molecule is N[O-].[Cl][Ir+][Cl].c1ccc([PH+](c2ccccc2)c2ccccc2)cc1.c1ccc([PH+](c2ccccc2)c2ccccc2)cc1. The first-order valence-electron chi connectivity index (χ1n) is 13.5. The van der Waals surface area contributed by atoms with Gasteiger partial charge in [-0.2, -0.15) is 0 Å². The monoisotopic (exact) mass is 821 g/mol. The number of benzene rings is 6. The van der Waals surface area contributed by atoms with Gasteiger partial charge in [-0.1, -0.05) is 109 Å². The first-order valence-corrected chi connectivity index (χ1v) is 22.4. The van der Waals surface area contributed by atoms with E-state index in [-0.39, 0.29) is 0 Å². The normalized spacial score (nSPS) is 10.0. The second-order valence-corrected chi connectivity index (χ2v) is 17.4. The van der Waals surface area contributed by atoms with Gasteiger partial charge < -0.3 is 11.1 Å². The molecule has 0 aliphatic heterocycles. The average molecular weight is 822 g/mol. The second-order valence-electron chi connectivity index (χ2n) is 8.99. The van der Waals surface area contributed by atoms with Gasteiger partial charge in [0, 0.05) is 0 Å². The molecule has 0 bridgehead atoms. The van der Waals surface area contributed by atoms with Gasteiger partial charge >= 0.3 is 34.8 Å². The molecular formula is C36H34Cl2IrNOP2+2. The van der Waals surface area contributed by atoms with Crippen LogP contribution in [0, 0.1) is 5.21 Å². The van der Waals surface area contributed by atoms with Crippen molar-refractivity contribution < 1.29 is 15.7 Å². The molecule has 0 aliphatic carbocycles. The molecule has 0 fully saturated rings. The van der Waals surface area contributed by atoms with Gasteiger partial charge in [-0.3, -0.25) is 0 Å². The van der Waals surface area contributed by atoms with E-state index in [1.165, 1.54) is 31.8 Å². The van der Waals surface area contributed by atoms with Gasteiger partial charge in [0.2, 0.25) is 0 Å². The van der Waals surface area contributed by atoms with Crippen LogP contribution in [0.15, 0.2) is 182 Å². The maximum absolute atomic E-state index is 7.75. The van der Waals surface area contributed by atoms with E-state index in [0.29, 0.717) is 0 Å². The fourth-order valence-electron chi connectivity index (χ4n) is 4.63. The zero-order chi connectivity index (χ0) is 30.5. The van der Waals surface area contributed by atoms with Gasteiger partial charge in [0.1, 0.15) is 31.8 Å². The van der Waals surface area contributed by atoms with Crippen molar-refractivity contribution in [2.45, 2.75) is 0 Å². The molecule has 0 heterocycles. The van der Waals surface area contributed by atoms with Gasteiger partial charge in [-0.25, -0.2) is 0 Å². The van der Waals surface area contributed by atoms with Crippen molar-refractivity contribution in [2.24, 2.45) is 5.90 Å². The first kappa shape index (κ1) is 34.8. The Morgan fingerprint density at radius 3 is 0.558 bits per heavy atom. The summed E-state index contributed by atoms with van der Waals surface area (Å²) in [6.07, 6.45) is 0. The summed E-state index contributed by atoms with van der Waals surface area (Å²) in [6, 6.07) is 65.0. The van der Waals surface area contributed by atoms with Crippen LogP contribution < -0.4 is 37.7 Å². The van der Waals surface area contributed by atoms with E-state index < -0.39 is 31.5 Å². The molecule has 2 N–H and O–H groups in total. The summed E-state index contributed by atoms with van der Waals surface area (Å²) in [7, 11) is 8.02. The van der Waals surface area contributed by atoms with Gasteiger partial charge in [0.25, 0.3) is 0 Å². The Kier molecular flexibility index (Phi) is 17.1. The van der Waals surface area contributed by atoms with Crippen LogP contribution in [0.2, 0.25) is 0 Å². The van der Waals surface area contributed by atoms with Gasteiger partial charge in [-0.15, -0.1) is 0 Å². The quantitative estimate of drug-likeness (QED) is 0.143. The van der Waals surface area contributed by atoms with Crippen molar-refractivity contribution in [1.29, 1.82) is 0 Å². The third kappa shape index (κ3) is 11.4. The van der Waals surface area contributed by atoms with Crippen molar-refractivity contribution in [3.05, 3.63) is 187 Å². The second kappa shape index (κ2) is 21.1. The third-order valence-electron chi connectivity index (χ3n) is 6.37. The summed E-state index contributed by atoms with van der Waals surface area (Å²) < 4.78 is 0. The Labute approximate surface area is 274 Å². The van der Waals surface area contributed by atoms with E-state index >= 15 is 0 Å². The molecule has 0 unspecified atom stereocenters. The summed E-state index contributed by atoms with van der Waals surface area (Å²) in [4.78, 5) is 0. The molecule has 0 aromatic heterocycles. The predicted octanol–water partition coefficient (Wildman–Crippen LogP) is 7.17. The molecule has 0 saturated carbocycles. The van der Waals surface area contributed by atoms with Crippen LogP contribution in [0.4, 0.5) is 0 Å². The number of halogens is 2. The minimum absolute atomic E-state index is 0.556. The standard InChI is InChI=1S/2C18H15P.2ClH.Ir.H2NO/c2*1-4-10-16(11-5-1)19(17-12-6-2-7-13-17)18-14-8-3-9-15-18;;;;1-2/h2*1-15H;2*1H;;1H2/q;;;;+3;-1. The van der Waals surface area contributed by atoms with E-state index in [1.807, 2.05) is 0 Å². The van der Waals surface area contributed by atoms with Crippen LogP contribution in [0.5, 0.6) is 0 Å². The number of nitrogens with two attached hydrogens (primary N) is 1. The fourth-order valence-corrected chi connectivity index (χ4v) is 9.78. The molecule has 0 atom stereocenters. The molecule has 0 saturated heterocycles. The van der Waals surface area contributed by atoms with E-state index in [9.17, 15) is 0 Å². The van der Waals surface area contributed by atoms with Crippen LogP contribution in [0.1, 0.15) is 0 Å². The zero-order valence-corrected chi connectivity index (χ0v) is 29.3. The van der Waals surface area contributed by atoms with Crippen LogP contribution >= 0.6 is 35.0 Å². The number of hydrogen-bond donors (Lipinski definition) is 1. The maximum Gasteiger partial charge on any atom is 0.102 e. The van der Waals surface area contributed by atoms with Crippen LogP contribution in [-0.2, 0) is 15.7 Å². The topological polar surface area (TPSA) is 49.1 Å². The van der Waals surface area contributed by atoms with Crippen molar-refractivity contribution in [3.63, 3.8) is 0 Å². The van der Waals surface area contributed by atoms with Gasteiger partial charge in [-0.05, 0) is 72.8 Å². The predicted molar refractivity (Wildman–Crippen MR) is 192 cm³/mol. The molecule has 6 aromatic rings. The summed E-state index contributed by atoms with van der Waals surface area (Å²) in [6.45, 7) is 0. The maximum atomic E-state index is 7.75. The fraction of sp³-hybridized carbons (Fsp3) is 0. The third-order valence-corrected chi connectivity index (χ3v) is 11.8. The average Bonchev–Trinajstić information content (AvgIpc) is 3.10. The first-order chi connectivity index (χ1) is 21.3. The van der Waals surface area contributed by atoms with E-state index in [1.54, 1.807) is 0 Å². The smallest absolute Gasteiger partial charge is 0.0620 e. The van der Waals surface area contributed by atoms with Gasteiger partial charge in [0.15, 0.2) is 0 Å². The summed E-state index contributed by atoms with van der Waals surface area (Å²) in [5.74, 6) is 3.25. The van der Waals surface area contributed by atoms with E-state index in [4.69, 9.17) is 24.4 Å². The minimum Gasteiger partial charge on any atom is -0.0620 e. The van der Waals surface area contributed by atoms with Crippen LogP contribution in [0.3, 0.4) is 0 Å². The minimum atomic E-state index is -0.877. The van der Waals surface area contributed by atoms with Crippen molar-refractivity contribution in [1.82, 2.24) is 0 Å². The largest absolute Gasteiger partial charge is 0.102 e. The van der Waals surface area contributed by atoms with E-state index in [2.05, 4.69) is 188 Å². The molecule has 2 nitrogen and oxygen atoms in total. The zero-order valence-electron chi connectivity index (χ0n) is 23.4. The Bertz CT molecular complexity index is 1210. The van der Waals surface area contributed by atoms with Crippen molar-refractivity contribution >= 4 is 66.8 Å². The molecule has 0 aliphatic rings. The summed E-state index contributed by atoms with van der Waals surface area (Å²) in [5.41, 5.74) is 0. The Balaban J connectivity index is 0.000000205. The molecule has 0 spiro atoms. The van der Waals surface area contributed by atoms with Crippen LogP contribution in [0.25, 0.3) is 0 Å². The molecule has 6 aromatic carbocycles. The number of hydrogen-bond acceptors (Lipinski definition) is 2. The van der Waals surface area contributed by atoms with E-state index in [0.717, 1.165) is 0 Å². The van der Waals surface area contributed by atoms with Crippen molar-refractivity contribution in [3.8, 4) is 0 Å². The Morgan fingerprint density at radius 1 is 0.326 bits per heavy atom. The molecule has 0 radical (unpaired) electrons. The van der Waals surface area contributed by atoms with Crippen LogP contribution in [-0.4, -0.2) is 0 Å². The molecule has 43 heavy (non-hydrogen) atoms. The Morgan fingerprint density at radius 2 is 0.442 bits per heavy atom. The number of rotatable bonds is 6. The van der Waals surface area contributed by atoms with Gasteiger partial charge in [0.05, 0.1) is 15.8 Å². The summed E-state index contributed by atoms with van der Waals surface area (Å²) in [5, 5.41) is 16.4. The molecule has 220 valence electrons. The molecule has 6 rings (SSSR count).